The van der Waals surface area contributed by atoms with E-state index in [-0.39, 0.29) is 0 Å². The second kappa shape index (κ2) is 8.68. The molecule has 0 radical (unpaired) electrons. The number of rotatable bonds is 6. The van der Waals surface area contributed by atoms with Gasteiger partial charge in [-0.15, -0.1) is 0 Å². The third-order valence-electron chi connectivity index (χ3n) is 4.69. The van der Waals surface area contributed by atoms with Crippen LogP contribution in [0.25, 0.3) is 33.5 Å². The van der Waals surface area contributed by atoms with Gasteiger partial charge in [-0.05, 0) is 29.3 Å². The van der Waals surface area contributed by atoms with Gasteiger partial charge in [-0.3, -0.25) is 0 Å². The summed E-state index contributed by atoms with van der Waals surface area (Å²) < 4.78 is 6.08. The monoisotopic (exact) mass is 465 g/mol. The summed E-state index contributed by atoms with van der Waals surface area (Å²) in [6.45, 7) is 1.34. The highest BCUT2D eigenvalue weighted by molar-refractivity contribution is 9.10. The number of methoxy groups -OCH3 is 1. The number of halogens is 1. The standard InChI is InChI=1S/C21H20BrN7O/c1-29(6-7-30-2)18-11-24-17(10-25-18)16-9-15(13-4-3-5-14(22)8-13)19-20(23)26-12-27-21(19)28-16/h3-5,8-12H,6-7H2,1-2H3,(H2,23,26,27,28). The van der Waals surface area contributed by atoms with E-state index in [9.17, 15) is 0 Å². The van der Waals surface area contributed by atoms with Crippen molar-refractivity contribution in [2.75, 3.05) is 37.9 Å². The minimum absolute atomic E-state index is 0.384. The van der Waals surface area contributed by atoms with Crippen LogP contribution < -0.4 is 10.6 Å². The van der Waals surface area contributed by atoms with Crippen LogP contribution in [0, 0.1) is 0 Å². The van der Waals surface area contributed by atoms with Gasteiger partial charge in [0.05, 0.1) is 30.1 Å². The third-order valence-corrected chi connectivity index (χ3v) is 5.18. The Balaban J connectivity index is 1.81. The fraction of sp³-hybridized carbons (Fsp3) is 0.190. The number of ether oxygens (including phenoxy) is 1. The van der Waals surface area contributed by atoms with Crippen LogP contribution in [0.3, 0.4) is 0 Å². The van der Waals surface area contributed by atoms with Crippen molar-refractivity contribution in [3.8, 4) is 22.5 Å². The summed E-state index contributed by atoms with van der Waals surface area (Å²) in [7, 11) is 3.62. The molecular weight excluding hydrogens is 446 g/mol. The molecule has 3 heterocycles. The molecule has 8 nitrogen and oxygen atoms in total. The number of benzene rings is 1. The van der Waals surface area contributed by atoms with Crippen LogP contribution in [0.4, 0.5) is 11.6 Å². The second-order valence-corrected chi connectivity index (χ2v) is 7.61. The van der Waals surface area contributed by atoms with Crippen LogP contribution in [-0.4, -0.2) is 52.2 Å². The van der Waals surface area contributed by atoms with Gasteiger partial charge >= 0.3 is 0 Å². The number of hydrogen-bond acceptors (Lipinski definition) is 8. The zero-order valence-corrected chi connectivity index (χ0v) is 18.2. The molecule has 0 saturated heterocycles. The first kappa shape index (κ1) is 20.1. The lowest BCUT2D eigenvalue weighted by Gasteiger charge is -2.17. The number of hydrogen-bond donors (Lipinski definition) is 1. The first-order valence-electron chi connectivity index (χ1n) is 9.26. The van der Waals surface area contributed by atoms with Crippen LogP contribution >= 0.6 is 15.9 Å². The van der Waals surface area contributed by atoms with Gasteiger partial charge in [-0.25, -0.2) is 24.9 Å². The topological polar surface area (TPSA) is 103 Å². The maximum absolute atomic E-state index is 6.17. The largest absolute Gasteiger partial charge is 0.383 e. The minimum atomic E-state index is 0.384. The summed E-state index contributed by atoms with van der Waals surface area (Å²) in [6.07, 6.45) is 4.85. The Hall–Kier alpha value is -3.17. The molecular formula is C21H20BrN7O. The molecule has 1 aromatic carbocycles. The molecule has 0 aliphatic rings. The maximum Gasteiger partial charge on any atom is 0.165 e. The first-order chi connectivity index (χ1) is 14.6. The fourth-order valence-corrected chi connectivity index (χ4v) is 3.50. The number of nitrogens with zero attached hydrogens (tertiary/aromatic N) is 6. The molecule has 0 atom stereocenters. The van der Waals surface area contributed by atoms with Gasteiger partial charge in [0.2, 0.25) is 0 Å². The average molecular weight is 466 g/mol. The lowest BCUT2D eigenvalue weighted by molar-refractivity contribution is 0.206. The van der Waals surface area contributed by atoms with E-state index in [1.165, 1.54) is 6.33 Å². The van der Waals surface area contributed by atoms with Crippen LogP contribution in [0.15, 0.2) is 53.5 Å². The Morgan fingerprint density at radius 1 is 1.07 bits per heavy atom. The number of fused-ring (bicyclic) bond motifs is 1. The lowest BCUT2D eigenvalue weighted by atomic mass is 10.0. The van der Waals surface area contributed by atoms with Crippen molar-refractivity contribution < 1.29 is 4.74 Å². The molecule has 0 amide bonds. The van der Waals surface area contributed by atoms with Crippen LogP contribution in [-0.2, 0) is 4.74 Å². The van der Waals surface area contributed by atoms with E-state index >= 15 is 0 Å². The molecule has 152 valence electrons. The molecule has 4 aromatic rings. The van der Waals surface area contributed by atoms with Crippen molar-refractivity contribution in [2.24, 2.45) is 0 Å². The van der Waals surface area contributed by atoms with Gasteiger partial charge in [-0.2, -0.15) is 0 Å². The molecule has 9 heteroatoms. The summed E-state index contributed by atoms with van der Waals surface area (Å²) >= 11 is 3.53. The number of nitrogens with two attached hydrogens (primary N) is 1. The highest BCUT2D eigenvalue weighted by Gasteiger charge is 2.15. The highest BCUT2D eigenvalue weighted by Crippen LogP contribution is 2.34. The maximum atomic E-state index is 6.17. The second-order valence-electron chi connectivity index (χ2n) is 6.70. The van der Waals surface area contributed by atoms with E-state index in [0.717, 1.165) is 28.0 Å². The van der Waals surface area contributed by atoms with Gasteiger partial charge < -0.3 is 15.4 Å². The molecule has 0 unspecified atom stereocenters. The van der Waals surface area contributed by atoms with Crippen molar-refractivity contribution in [2.45, 2.75) is 0 Å². The zero-order chi connectivity index (χ0) is 21.1. The van der Waals surface area contributed by atoms with Crippen molar-refractivity contribution >= 4 is 38.6 Å². The van der Waals surface area contributed by atoms with Gasteiger partial charge in [-0.1, -0.05) is 28.1 Å². The van der Waals surface area contributed by atoms with Crippen LogP contribution in [0.5, 0.6) is 0 Å². The quantitative estimate of drug-likeness (QED) is 0.460. The highest BCUT2D eigenvalue weighted by atomic mass is 79.9. The Labute approximate surface area is 182 Å². The van der Waals surface area contributed by atoms with Gasteiger partial charge in [0.25, 0.3) is 0 Å². The summed E-state index contributed by atoms with van der Waals surface area (Å²) in [6, 6.07) is 9.91. The average Bonchev–Trinajstić information content (AvgIpc) is 2.77. The van der Waals surface area contributed by atoms with Crippen molar-refractivity contribution in [1.29, 1.82) is 0 Å². The number of nitrogen functional groups attached to an aromatic ring is 1. The molecule has 0 spiro atoms. The number of likely N-dealkylation sites (N-methyl/N-ethyl adjacent to an activating group) is 1. The van der Waals surface area contributed by atoms with Crippen LogP contribution in [0.2, 0.25) is 0 Å². The lowest BCUT2D eigenvalue weighted by Crippen LogP contribution is -2.23. The van der Waals surface area contributed by atoms with E-state index in [2.05, 4.69) is 40.8 Å². The van der Waals surface area contributed by atoms with Gasteiger partial charge in [0.1, 0.15) is 23.7 Å². The molecule has 0 bridgehead atoms. The smallest absolute Gasteiger partial charge is 0.165 e. The predicted octanol–water partition coefficient (Wildman–Crippen LogP) is 3.58. The molecule has 0 aliphatic carbocycles. The zero-order valence-electron chi connectivity index (χ0n) is 16.6. The van der Waals surface area contributed by atoms with E-state index in [1.54, 1.807) is 19.5 Å². The number of aromatic nitrogens is 5. The number of anilines is 2. The van der Waals surface area contributed by atoms with E-state index in [4.69, 9.17) is 10.5 Å². The van der Waals surface area contributed by atoms with E-state index in [0.29, 0.717) is 34.8 Å². The Morgan fingerprint density at radius 2 is 1.93 bits per heavy atom. The Morgan fingerprint density at radius 3 is 2.67 bits per heavy atom. The summed E-state index contributed by atoms with van der Waals surface area (Å²) in [5, 5.41) is 0.711. The molecule has 0 fully saturated rings. The summed E-state index contributed by atoms with van der Waals surface area (Å²) in [5.74, 6) is 1.14. The molecule has 3 aromatic heterocycles. The van der Waals surface area contributed by atoms with E-state index < -0.39 is 0 Å². The molecule has 30 heavy (non-hydrogen) atoms. The van der Waals surface area contributed by atoms with Crippen LogP contribution in [0.1, 0.15) is 0 Å². The minimum Gasteiger partial charge on any atom is -0.383 e. The summed E-state index contributed by atoms with van der Waals surface area (Å²) in [4.78, 5) is 24.2. The first-order valence-corrected chi connectivity index (χ1v) is 10.1. The molecule has 0 saturated carbocycles. The predicted molar refractivity (Wildman–Crippen MR) is 121 cm³/mol. The Kier molecular flexibility index (Phi) is 5.82. The molecule has 2 N–H and O–H groups in total. The number of pyridine rings is 1. The normalized spacial score (nSPS) is 11.0. The molecule has 4 rings (SSSR count). The SMILES string of the molecule is COCCN(C)c1cnc(-c2cc(-c3cccc(Br)c3)c3c(N)ncnc3n2)cn1. The molecule has 0 aliphatic heterocycles. The van der Waals surface area contributed by atoms with Gasteiger partial charge in [0, 0.05) is 25.2 Å². The third kappa shape index (κ3) is 4.07. The van der Waals surface area contributed by atoms with E-state index in [1.807, 2.05) is 42.3 Å². The Bertz CT molecular complexity index is 1180. The summed E-state index contributed by atoms with van der Waals surface area (Å²) in [5.41, 5.74) is 9.85. The van der Waals surface area contributed by atoms with Crippen molar-refractivity contribution in [3.05, 3.63) is 53.5 Å². The fourth-order valence-electron chi connectivity index (χ4n) is 3.10. The van der Waals surface area contributed by atoms with Crippen molar-refractivity contribution in [3.63, 3.8) is 0 Å². The van der Waals surface area contributed by atoms with Gasteiger partial charge in [0.15, 0.2) is 5.65 Å². The van der Waals surface area contributed by atoms with Crippen molar-refractivity contribution in [1.82, 2.24) is 24.9 Å².